The SMILES string of the molecule is O=C1CC(NS(=O)(=O)CC2CC2)C(c2cccc(Cl)c2)N1c1ccc2c(cnn2-c2ccc(F)cc2)c1. The van der Waals surface area contributed by atoms with E-state index >= 15 is 0 Å². The van der Waals surface area contributed by atoms with Gasteiger partial charge in [-0.1, -0.05) is 23.7 Å². The van der Waals surface area contributed by atoms with Crippen LogP contribution in [0.25, 0.3) is 16.6 Å². The molecule has 1 aromatic heterocycles. The normalized spacial score (nSPS) is 20.2. The van der Waals surface area contributed by atoms with Crippen molar-refractivity contribution in [1.29, 1.82) is 0 Å². The van der Waals surface area contributed by atoms with Crippen LogP contribution in [-0.4, -0.2) is 35.9 Å². The van der Waals surface area contributed by atoms with Crippen LogP contribution in [0.1, 0.15) is 30.9 Å². The molecule has 190 valence electrons. The highest BCUT2D eigenvalue weighted by Gasteiger charge is 2.44. The van der Waals surface area contributed by atoms with Crippen LogP contribution in [0.2, 0.25) is 5.02 Å². The van der Waals surface area contributed by atoms with Crippen molar-refractivity contribution in [2.24, 2.45) is 5.92 Å². The van der Waals surface area contributed by atoms with E-state index in [0.717, 1.165) is 29.3 Å². The van der Waals surface area contributed by atoms with Crippen LogP contribution in [0, 0.1) is 11.7 Å². The van der Waals surface area contributed by atoms with Crippen molar-refractivity contribution >= 4 is 44.1 Å². The first-order valence-electron chi connectivity index (χ1n) is 12.1. The zero-order chi connectivity index (χ0) is 25.7. The summed E-state index contributed by atoms with van der Waals surface area (Å²) >= 11 is 6.28. The fourth-order valence-electron chi connectivity index (χ4n) is 5.05. The maximum Gasteiger partial charge on any atom is 0.229 e. The highest BCUT2D eigenvalue weighted by atomic mass is 35.5. The second kappa shape index (κ2) is 9.24. The van der Waals surface area contributed by atoms with Gasteiger partial charge in [-0.15, -0.1) is 0 Å². The zero-order valence-corrected chi connectivity index (χ0v) is 21.3. The van der Waals surface area contributed by atoms with Crippen LogP contribution >= 0.6 is 11.6 Å². The van der Waals surface area contributed by atoms with Crippen molar-refractivity contribution in [2.45, 2.75) is 31.3 Å². The third-order valence-electron chi connectivity index (χ3n) is 6.90. The number of fused-ring (bicyclic) bond motifs is 1. The van der Waals surface area contributed by atoms with Crippen LogP contribution in [0.4, 0.5) is 10.1 Å². The monoisotopic (exact) mass is 538 g/mol. The lowest BCUT2D eigenvalue weighted by molar-refractivity contribution is -0.117. The molecule has 3 aromatic carbocycles. The predicted octanol–water partition coefficient (Wildman–Crippen LogP) is 4.99. The number of nitrogens with zero attached hydrogens (tertiary/aromatic N) is 3. The summed E-state index contributed by atoms with van der Waals surface area (Å²) in [4.78, 5) is 15.0. The van der Waals surface area contributed by atoms with Gasteiger partial charge in [0.1, 0.15) is 5.82 Å². The Bertz CT molecular complexity index is 1600. The molecule has 1 saturated carbocycles. The van der Waals surface area contributed by atoms with Crippen molar-refractivity contribution in [3.8, 4) is 5.69 Å². The topological polar surface area (TPSA) is 84.3 Å². The first kappa shape index (κ1) is 24.1. The van der Waals surface area contributed by atoms with Gasteiger partial charge in [0.05, 0.1) is 35.2 Å². The molecule has 10 heteroatoms. The van der Waals surface area contributed by atoms with E-state index in [9.17, 15) is 17.6 Å². The number of halogens is 2. The van der Waals surface area contributed by atoms with Gasteiger partial charge in [-0.3, -0.25) is 4.79 Å². The Morgan fingerprint density at radius 2 is 1.78 bits per heavy atom. The van der Waals surface area contributed by atoms with E-state index in [1.54, 1.807) is 46.1 Å². The number of amides is 1. The number of aromatic nitrogens is 2. The van der Waals surface area contributed by atoms with Gasteiger partial charge in [-0.25, -0.2) is 22.2 Å². The number of rotatable bonds is 7. The summed E-state index contributed by atoms with van der Waals surface area (Å²) in [5.74, 6) is -0.247. The average molecular weight is 539 g/mol. The fourth-order valence-corrected chi connectivity index (χ4v) is 6.97. The molecule has 2 atom stereocenters. The number of hydrogen-bond acceptors (Lipinski definition) is 4. The fraction of sp³-hybridized carbons (Fsp3) is 0.259. The quantitative estimate of drug-likeness (QED) is 0.359. The highest BCUT2D eigenvalue weighted by Crippen LogP contribution is 2.40. The Balaban J connectivity index is 1.38. The van der Waals surface area contributed by atoms with Gasteiger partial charge in [0, 0.05) is 22.5 Å². The number of sulfonamides is 1. The second-order valence-corrected chi connectivity index (χ2v) is 11.9. The van der Waals surface area contributed by atoms with E-state index in [-0.39, 0.29) is 29.8 Å². The van der Waals surface area contributed by atoms with E-state index in [1.807, 2.05) is 24.3 Å². The Kier molecular flexibility index (Phi) is 6.01. The number of hydrogen-bond donors (Lipinski definition) is 1. The van der Waals surface area contributed by atoms with Crippen LogP contribution in [0.3, 0.4) is 0 Å². The van der Waals surface area contributed by atoms with Crippen molar-refractivity contribution in [1.82, 2.24) is 14.5 Å². The molecule has 1 saturated heterocycles. The summed E-state index contributed by atoms with van der Waals surface area (Å²) in [6.45, 7) is 0. The van der Waals surface area contributed by atoms with Crippen molar-refractivity contribution < 1.29 is 17.6 Å². The molecule has 0 bridgehead atoms. The Hall–Kier alpha value is -3.27. The van der Waals surface area contributed by atoms with Crippen LogP contribution in [-0.2, 0) is 14.8 Å². The molecule has 1 aliphatic heterocycles. The summed E-state index contributed by atoms with van der Waals surface area (Å²) in [6, 6.07) is 17.5. The van der Waals surface area contributed by atoms with E-state index in [4.69, 9.17) is 11.6 Å². The predicted molar refractivity (Wildman–Crippen MR) is 141 cm³/mol. The smallest absolute Gasteiger partial charge is 0.229 e. The maximum atomic E-state index is 13.4. The molecule has 6 rings (SSSR count). The first-order chi connectivity index (χ1) is 17.8. The lowest BCUT2D eigenvalue weighted by Gasteiger charge is -2.29. The number of benzene rings is 3. The second-order valence-electron chi connectivity index (χ2n) is 9.69. The Morgan fingerprint density at radius 3 is 2.51 bits per heavy atom. The molecular formula is C27H24ClFN4O3S. The molecule has 1 amide bonds. The summed E-state index contributed by atoms with van der Waals surface area (Å²) in [5, 5.41) is 5.75. The van der Waals surface area contributed by atoms with Gasteiger partial charge in [-0.05, 0) is 78.9 Å². The van der Waals surface area contributed by atoms with Crippen LogP contribution < -0.4 is 9.62 Å². The van der Waals surface area contributed by atoms with E-state index in [0.29, 0.717) is 16.4 Å². The molecule has 4 aromatic rings. The molecule has 2 fully saturated rings. The number of carbonyl (C=O) groups is 1. The Labute approximate surface area is 218 Å². The van der Waals surface area contributed by atoms with Gasteiger partial charge < -0.3 is 4.90 Å². The molecule has 2 unspecified atom stereocenters. The third-order valence-corrected chi connectivity index (χ3v) is 8.70. The molecule has 2 aliphatic rings. The molecule has 7 nitrogen and oxygen atoms in total. The summed E-state index contributed by atoms with van der Waals surface area (Å²) in [5.41, 5.74) is 2.89. The average Bonchev–Trinajstić information content (AvgIpc) is 3.46. The molecule has 37 heavy (non-hydrogen) atoms. The summed E-state index contributed by atoms with van der Waals surface area (Å²) < 4.78 is 43.6. The van der Waals surface area contributed by atoms with Crippen LogP contribution in [0.15, 0.2) is 72.9 Å². The molecule has 0 radical (unpaired) electrons. The zero-order valence-electron chi connectivity index (χ0n) is 19.7. The summed E-state index contributed by atoms with van der Waals surface area (Å²) in [6.07, 6.45) is 3.56. The van der Waals surface area contributed by atoms with E-state index < -0.39 is 22.1 Å². The minimum atomic E-state index is -3.55. The van der Waals surface area contributed by atoms with Crippen molar-refractivity contribution in [3.05, 3.63) is 89.3 Å². The molecule has 2 heterocycles. The largest absolute Gasteiger partial charge is 0.303 e. The molecule has 1 N–H and O–H groups in total. The highest BCUT2D eigenvalue weighted by molar-refractivity contribution is 7.89. The lowest BCUT2D eigenvalue weighted by Crippen LogP contribution is -2.41. The van der Waals surface area contributed by atoms with E-state index in [2.05, 4.69) is 9.82 Å². The standard InChI is InChI=1S/C27H24ClFN4O3S/c28-20-3-1-2-18(12-20)27-24(31-37(35,36)16-17-4-5-17)14-26(34)32(27)23-10-11-25-19(13-23)15-30-33(25)22-8-6-21(29)7-9-22/h1-3,6-13,15,17,24,27,31H,4-5,14,16H2. The number of nitrogens with one attached hydrogen (secondary N) is 1. The lowest BCUT2D eigenvalue weighted by atomic mass is 10.0. The molecule has 0 spiro atoms. The van der Waals surface area contributed by atoms with Gasteiger partial charge in [0.2, 0.25) is 15.9 Å². The summed E-state index contributed by atoms with van der Waals surface area (Å²) in [7, 11) is -3.55. The third kappa shape index (κ3) is 4.86. The number of anilines is 1. The molecular weight excluding hydrogens is 515 g/mol. The Morgan fingerprint density at radius 1 is 1.03 bits per heavy atom. The van der Waals surface area contributed by atoms with Gasteiger partial charge in [0.15, 0.2) is 0 Å². The number of carbonyl (C=O) groups excluding carboxylic acids is 1. The van der Waals surface area contributed by atoms with Gasteiger partial charge >= 0.3 is 0 Å². The molecule has 1 aliphatic carbocycles. The van der Waals surface area contributed by atoms with Gasteiger partial charge in [0.25, 0.3) is 0 Å². The van der Waals surface area contributed by atoms with E-state index in [1.165, 1.54) is 12.1 Å². The minimum absolute atomic E-state index is 0.0357. The maximum absolute atomic E-state index is 13.4. The van der Waals surface area contributed by atoms with Gasteiger partial charge in [-0.2, -0.15) is 5.10 Å². The van der Waals surface area contributed by atoms with Crippen molar-refractivity contribution in [3.63, 3.8) is 0 Å². The van der Waals surface area contributed by atoms with Crippen LogP contribution in [0.5, 0.6) is 0 Å². The minimum Gasteiger partial charge on any atom is -0.303 e. The first-order valence-corrected chi connectivity index (χ1v) is 14.1. The van der Waals surface area contributed by atoms with Crippen molar-refractivity contribution in [2.75, 3.05) is 10.7 Å².